The van der Waals surface area contributed by atoms with Crippen LogP contribution in [0.15, 0.2) is 40.4 Å². The van der Waals surface area contributed by atoms with Crippen LogP contribution < -0.4 is 0 Å². The van der Waals surface area contributed by atoms with Crippen LogP contribution in [0, 0.1) is 5.82 Å². The van der Waals surface area contributed by atoms with Crippen LogP contribution in [0.4, 0.5) is 13.2 Å². The molecule has 0 unspecified atom stereocenters. The quantitative estimate of drug-likeness (QED) is 0.528. The Morgan fingerprint density at radius 2 is 2.12 bits per heavy atom. The van der Waals surface area contributed by atoms with E-state index in [0.29, 0.717) is 5.69 Å². The first-order valence-corrected chi connectivity index (χ1v) is 8.18. The molecule has 0 spiro atoms. The molecule has 0 aliphatic carbocycles. The van der Waals surface area contributed by atoms with E-state index in [1.165, 1.54) is 22.2 Å². The van der Waals surface area contributed by atoms with Gasteiger partial charge in [-0.2, -0.15) is 8.78 Å². The Kier molecular flexibility index (Phi) is 4.21. The van der Waals surface area contributed by atoms with Gasteiger partial charge >= 0.3 is 6.43 Å². The molecule has 0 atom stereocenters. The molecule has 0 aromatic carbocycles. The standard InChI is InChI=1S/C15H9F3N6OS/c16-9-4-8(14-21-22-15(25-14)13(17)18)5-19-10(9)6-24-7-11(20-23-24)12-2-1-3-26-12/h1-5,7,13H,6H2. The minimum Gasteiger partial charge on any atom is -0.415 e. The lowest BCUT2D eigenvalue weighted by Gasteiger charge is -2.03. The summed E-state index contributed by atoms with van der Waals surface area (Å²) in [4.78, 5) is 4.95. The molecule has 4 aromatic heterocycles. The smallest absolute Gasteiger partial charge is 0.314 e. The molecule has 4 aromatic rings. The van der Waals surface area contributed by atoms with Gasteiger partial charge in [0.15, 0.2) is 0 Å². The predicted octanol–water partition coefficient (Wildman–Crippen LogP) is 3.58. The van der Waals surface area contributed by atoms with Crippen LogP contribution in [0.2, 0.25) is 0 Å². The molecule has 0 saturated heterocycles. The highest BCUT2D eigenvalue weighted by atomic mass is 32.1. The van der Waals surface area contributed by atoms with Crippen molar-refractivity contribution in [2.75, 3.05) is 0 Å². The molecule has 11 heteroatoms. The number of halogens is 3. The Labute approximate surface area is 148 Å². The number of pyridine rings is 1. The molecule has 26 heavy (non-hydrogen) atoms. The van der Waals surface area contributed by atoms with E-state index in [0.717, 1.165) is 10.9 Å². The summed E-state index contributed by atoms with van der Waals surface area (Å²) in [5.74, 6) is -1.69. The zero-order valence-electron chi connectivity index (χ0n) is 12.9. The maximum absolute atomic E-state index is 14.3. The summed E-state index contributed by atoms with van der Waals surface area (Å²) in [7, 11) is 0. The van der Waals surface area contributed by atoms with Gasteiger partial charge in [0.05, 0.1) is 28.9 Å². The van der Waals surface area contributed by atoms with Crippen LogP contribution in [-0.4, -0.2) is 30.2 Å². The van der Waals surface area contributed by atoms with Crippen molar-refractivity contribution in [1.29, 1.82) is 0 Å². The molecule has 0 amide bonds. The first kappa shape index (κ1) is 16.4. The van der Waals surface area contributed by atoms with E-state index in [1.54, 1.807) is 6.20 Å². The van der Waals surface area contributed by atoms with Crippen LogP contribution in [0.3, 0.4) is 0 Å². The summed E-state index contributed by atoms with van der Waals surface area (Å²) >= 11 is 1.52. The second-order valence-electron chi connectivity index (χ2n) is 5.18. The van der Waals surface area contributed by atoms with Crippen molar-refractivity contribution < 1.29 is 17.6 Å². The van der Waals surface area contributed by atoms with E-state index in [2.05, 4.69) is 25.5 Å². The highest BCUT2D eigenvalue weighted by Crippen LogP contribution is 2.24. The third-order valence-corrected chi connectivity index (χ3v) is 4.31. The molecular weight excluding hydrogens is 369 g/mol. The largest absolute Gasteiger partial charge is 0.415 e. The zero-order chi connectivity index (χ0) is 18.1. The number of hydrogen-bond acceptors (Lipinski definition) is 7. The number of rotatable bonds is 5. The van der Waals surface area contributed by atoms with Crippen molar-refractivity contribution in [2.24, 2.45) is 0 Å². The number of nitrogens with zero attached hydrogens (tertiary/aromatic N) is 6. The van der Waals surface area contributed by atoms with Gasteiger partial charge in [-0.05, 0) is 17.5 Å². The number of aromatic nitrogens is 6. The lowest BCUT2D eigenvalue weighted by molar-refractivity contribution is 0.116. The molecule has 0 fully saturated rings. The third kappa shape index (κ3) is 3.20. The fourth-order valence-electron chi connectivity index (χ4n) is 2.21. The van der Waals surface area contributed by atoms with Crippen molar-refractivity contribution in [2.45, 2.75) is 13.0 Å². The van der Waals surface area contributed by atoms with Crippen molar-refractivity contribution >= 4 is 11.3 Å². The van der Waals surface area contributed by atoms with Gasteiger partial charge in [-0.15, -0.1) is 26.6 Å². The van der Waals surface area contributed by atoms with Crippen LogP contribution in [0.1, 0.15) is 18.0 Å². The second-order valence-corrected chi connectivity index (χ2v) is 6.13. The molecule has 132 valence electrons. The topological polar surface area (TPSA) is 82.5 Å². The fraction of sp³-hybridized carbons (Fsp3) is 0.133. The molecule has 0 bridgehead atoms. The molecule has 0 radical (unpaired) electrons. The Morgan fingerprint density at radius 3 is 2.81 bits per heavy atom. The van der Waals surface area contributed by atoms with Gasteiger partial charge in [0.1, 0.15) is 11.5 Å². The van der Waals surface area contributed by atoms with Gasteiger partial charge in [0, 0.05) is 6.20 Å². The maximum Gasteiger partial charge on any atom is 0.314 e. The van der Waals surface area contributed by atoms with Gasteiger partial charge in [-0.3, -0.25) is 4.98 Å². The van der Waals surface area contributed by atoms with Crippen LogP contribution in [0.25, 0.3) is 22.0 Å². The van der Waals surface area contributed by atoms with E-state index >= 15 is 0 Å². The minimum atomic E-state index is -2.89. The van der Waals surface area contributed by atoms with E-state index in [4.69, 9.17) is 4.42 Å². The van der Waals surface area contributed by atoms with Crippen molar-refractivity contribution in [3.05, 3.63) is 53.4 Å². The molecule has 0 aliphatic rings. The average Bonchev–Trinajstić information content (AvgIpc) is 3.38. The van der Waals surface area contributed by atoms with E-state index in [-0.39, 0.29) is 23.7 Å². The van der Waals surface area contributed by atoms with Crippen molar-refractivity contribution in [3.63, 3.8) is 0 Å². The Bertz CT molecular complexity index is 1030. The minimum absolute atomic E-state index is 0.0661. The summed E-state index contributed by atoms with van der Waals surface area (Å²) in [6.07, 6.45) is 0.0738. The van der Waals surface area contributed by atoms with E-state index < -0.39 is 18.1 Å². The van der Waals surface area contributed by atoms with Gasteiger partial charge in [-0.1, -0.05) is 11.3 Å². The zero-order valence-corrected chi connectivity index (χ0v) is 13.7. The number of alkyl halides is 2. The lowest BCUT2D eigenvalue weighted by atomic mass is 10.2. The van der Waals surface area contributed by atoms with E-state index in [1.807, 2.05) is 17.5 Å². The summed E-state index contributed by atoms with van der Waals surface area (Å²) in [6, 6.07) is 4.91. The second kappa shape index (κ2) is 6.67. The first-order valence-electron chi connectivity index (χ1n) is 7.30. The lowest BCUT2D eigenvalue weighted by Crippen LogP contribution is -2.05. The summed E-state index contributed by atoms with van der Waals surface area (Å²) < 4.78 is 45.5. The van der Waals surface area contributed by atoms with Gasteiger partial charge in [0.2, 0.25) is 5.89 Å². The van der Waals surface area contributed by atoms with Gasteiger partial charge in [-0.25, -0.2) is 9.07 Å². The normalized spacial score (nSPS) is 11.4. The van der Waals surface area contributed by atoms with E-state index in [9.17, 15) is 13.2 Å². The van der Waals surface area contributed by atoms with Crippen molar-refractivity contribution in [3.8, 4) is 22.0 Å². The summed E-state index contributed by atoms with van der Waals surface area (Å²) in [6.45, 7) is 0.0661. The monoisotopic (exact) mass is 378 g/mol. The summed E-state index contributed by atoms with van der Waals surface area (Å²) in [5, 5.41) is 16.6. The number of hydrogen-bond donors (Lipinski definition) is 0. The Hall–Kier alpha value is -3.08. The summed E-state index contributed by atoms with van der Waals surface area (Å²) in [5.41, 5.74) is 0.913. The Balaban J connectivity index is 1.54. The Morgan fingerprint density at radius 1 is 1.23 bits per heavy atom. The fourth-order valence-corrected chi connectivity index (χ4v) is 2.88. The molecule has 4 heterocycles. The SMILES string of the molecule is Fc1cc(-c2nnc(C(F)F)o2)cnc1Cn1cc(-c2cccs2)nn1. The van der Waals surface area contributed by atoms with Crippen LogP contribution in [-0.2, 0) is 6.54 Å². The number of thiophene rings is 1. The molecule has 0 N–H and O–H groups in total. The maximum atomic E-state index is 14.3. The predicted molar refractivity (Wildman–Crippen MR) is 84.9 cm³/mol. The molecule has 7 nitrogen and oxygen atoms in total. The first-order chi connectivity index (χ1) is 12.6. The average molecular weight is 378 g/mol. The third-order valence-electron chi connectivity index (χ3n) is 3.42. The van der Waals surface area contributed by atoms with Crippen LogP contribution in [0.5, 0.6) is 0 Å². The molecule has 0 saturated carbocycles. The molecule has 0 aliphatic heterocycles. The van der Waals surface area contributed by atoms with Crippen molar-refractivity contribution in [1.82, 2.24) is 30.2 Å². The molecular formula is C15H9F3N6OS. The molecule has 4 rings (SSSR count). The highest BCUT2D eigenvalue weighted by Gasteiger charge is 2.18. The van der Waals surface area contributed by atoms with Crippen LogP contribution >= 0.6 is 11.3 Å². The van der Waals surface area contributed by atoms with Gasteiger partial charge < -0.3 is 4.42 Å². The highest BCUT2D eigenvalue weighted by molar-refractivity contribution is 7.13. The van der Waals surface area contributed by atoms with Gasteiger partial charge in [0.25, 0.3) is 5.89 Å².